The SMILES string of the molecule is O=C1CC(c2ccnc(C(F)(F)F)c2)([C@H](O)c2ccccn2)C1. The molecule has 1 atom stereocenters. The van der Waals surface area contributed by atoms with E-state index in [1.165, 1.54) is 12.3 Å². The molecule has 1 fully saturated rings. The average Bonchev–Trinajstić information content (AvgIpc) is 2.51. The number of carbonyl (C=O) groups excluding carboxylic acids is 1. The van der Waals surface area contributed by atoms with Crippen molar-refractivity contribution < 1.29 is 23.1 Å². The molecule has 2 aromatic rings. The second-order valence-electron chi connectivity index (χ2n) is 5.63. The van der Waals surface area contributed by atoms with Gasteiger partial charge in [0.2, 0.25) is 0 Å². The lowest BCUT2D eigenvalue weighted by Crippen LogP contribution is -2.47. The first-order chi connectivity index (χ1) is 10.8. The Labute approximate surface area is 130 Å². The van der Waals surface area contributed by atoms with Crippen molar-refractivity contribution in [2.24, 2.45) is 0 Å². The number of halogens is 3. The fourth-order valence-corrected chi connectivity index (χ4v) is 2.92. The Morgan fingerprint density at radius 3 is 2.43 bits per heavy atom. The third-order valence-corrected chi connectivity index (χ3v) is 4.14. The molecule has 2 aromatic heterocycles. The third-order valence-electron chi connectivity index (χ3n) is 4.14. The molecule has 0 spiro atoms. The summed E-state index contributed by atoms with van der Waals surface area (Å²) in [6.07, 6.45) is -3.25. The van der Waals surface area contributed by atoms with Crippen LogP contribution in [-0.2, 0) is 16.4 Å². The predicted octanol–water partition coefficient (Wildman–Crippen LogP) is 2.83. The minimum absolute atomic E-state index is 0.0218. The van der Waals surface area contributed by atoms with E-state index in [-0.39, 0.29) is 24.2 Å². The van der Waals surface area contributed by atoms with E-state index in [0.717, 1.165) is 12.3 Å². The van der Waals surface area contributed by atoms with Gasteiger partial charge in [0.1, 0.15) is 17.6 Å². The summed E-state index contributed by atoms with van der Waals surface area (Å²) in [6, 6.07) is 7.24. The zero-order chi connectivity index (χ0) is 16.7. The second-order valence-corrected chi connectivity index (χ2v) is 5.63. The molecule has 1 N–H and O–H groups in total. The highest BCUT2D eigenvalue weighted by Gasteiger charge is 2.52. The number of Topliss-reactive ketones (excluding diaryl/α,β-unsaturated/α-hetero) is 1. The van der Waals surface area contributed by atoms with E-state index in [0.29, 0.717) is 5.69 Å². The minimum Gasteiger partial charge on any atom is -0.386 e. The molecule has 0 amide bonds. The van der Waals surface area contributed by atoms with Gasteiger partial charge in [0.15, 0.2) is 0 Å². The van der Waals surface area contributed by atoms with Crippen molar-refractivity contribution in [2.45, 2.75) is 30.5 Å². The smallest absolute Gasteiger partial charge is 0.386 e. The van der Waals surface area contributed by atoms with E-state index < -0.39 is 23.4 Å². The molecule has 0 saturated heterocycles. The van der Waals surface area contributed by atoms with Crippen molar-refractivity contribution in [3.05, 3.63) is 59.7 Å². The summed E-state index contributed by atoms with van der Waals surface area (Å²) in [5.41, 5.74) is -1.56. The first kappa shape index (κ1) is 15.6. The molecule has 0 aliphatic heterocycles. The Bertz CT molecular complexity index is 724. The summed E-state index contributed by atoms with van der Waals surface area (Å²) < 4.78 is 38.6. The molecule has 23 heavy (non-hydrogen) atoms. The maximum atomic E-state index is 12.9. The molecule has 1 aliphatic carbocycles. The van der Waals surface area contributed by atoms with Gasteiger partial charge in [-0.2, -0.15) is 13.2 Å². The first-order valence-corrected chi connectivity index (χ1v) is 6.97. The van der Waals surface area contributed by atoms with E-state index in [9.17, 15) is 23.1 Å². The number of aromatic nitrogens is 2. The van der Waals surface area contributed by atoms with Crippen LogP contribution in [0.3, 0.4) is 0 Å². The van der Waals surface area contributed by atoms with Crippen molar-refractivity contribution in [3.8, 4) is 0 Å². The van der Waals surface area contributed by atoms with E-state index in [1.54, 1.807) is 18.2 Å². The van der Waals surface area contributed by atoms with E-state index in [4.69, 9.17) is 0 Å². The van der Waals surface area contributed by atoms with Crippen molar-refractivity contribution in [3.63, 3.8) is 0 Å². The van der Waals surface area contributed by atoms with Crippen LogP contribution in [0.25, 0.3) is 0 Å². The molecule has 0 radical (unpaired) electrons. The minimum atomic E-state index is -4.58. The van der Waals surface area contributed by atoms with Crippen LogP contribution in [0.4, 0.5) is 13.2 Å². The normalized spacial score (nSPS) is 18.3. The molecule has 2 heterocycles. The van der Waals surface area contributed by atoms with Crippen LogP contribution < -0.4 is 0 Å². The van der Waals surface area contributed by atoms with Crippen LogP contribution in [0.1, 0.15) is 35.9 Å². The Morgan fingerprint density at radius 2 is 1.87 bits per heavy atom. The third kappa shape index (κ3) is 2.72. The Hall–Kier alpha value is -2.28. The molecule has 0 bridgehead atoms. The van der Waals surface area contributed by atoms with Gasteiger partial charge >= 0.3 is 6.18 Å². The molecule has 0 aromatic carbocycles. The summed E-state index contributed by atoms with van der Waals surface area (Å²) in [5.74, 6) is -0.106. The van der Waals surface area contributed by atoms with Crippen molar-refractivity contribution in [1.82, 2.24) is 9.97 Å². The highest BCUT2D eigenvalue weighted by molar-refractivity contribution is 5.89. The van der Waals surface area contributed by atoms with Crippen molar-refractivity contribution in [2.75, 3.05) is 0 Å². The number of alkyl halides is 3. The van der Waals surface area contributed by atoms with E-state index >= 15 is 0 Å². The zero-order valence-corrected chi connectivity index (χ0v) is 11.9. The first-order valence-electron chi connectivity index (χ1n) is 6.97. The van der Waals surface area contributed by atoms with Crippen LogP contribution in [0.5, 0.6) is 0 Å². The summed E-state index contributed by atoms with van der Waals surface area (Å²) >= 11 is 0. The number of rotatable bonds is 3. The van der Waals surface area contributed by atoms with Crippen LogP contribution in [-0.4, -0.2) is 20.9 Å². The lowest BCUT2D eigenvalue weighted by Gasteiger charge is -2.44. The van der Waals surface area contributed by atoms with Gasteiger partial charge in [-0.25, -0.2) is 0 Å². The van der Waals surface area contributed by atoms with Crippen LogP contribution in [0.2, 0.25) is 0 Å². The Morgan fingerprint density at radius 1 is 1.13 bits per heavy atom. The number of aliphatic hydroxyl groups is 1. The highest BCUT2D eigenvalue weighted by atomic mass is 19.4. The molecule has 1 aliphatic rings. The topological polar surface area (TPSA) is 63.1 Å². The van der Waals surface area contributed by atoms with Gasteiger partial charge in [-0.3, -0.25) is 14.8 Å². The van der Waals surface area contributed by atoms with Crippen LogP contribution >= 0.6 is 0 Å². The average molecular weight is 322 g/mol. The molecule has 120 valence electrons. The Balaban J connectivity index is 2.04. The van der Waals surface area contributed by atoms with E-state index in [1.807, 2.05) is 0 Å². The maximum Gasteiger partial charge on any atom is 0.433 e. The summed E-state index contributed by atoms with van der Waals surface area (Å²) in [6.45, 7) is 0. The molecular formula is C16H13F3N2O2. The quantitative estimate of drug-likeness (QED) is 0.944. The van der Waals surface area contributed by atoms with Crippen molar-refractivity contribution >= 4 is 5.78 Å². The summed E-state index contributed by atoms with van der Waals surface area (Å²) in [7, 11) is 0. The standard InChI is InChI=1S/C16H13F3N2O2/c17-16(18,19)13-7-10(4-6-21-13)15(8-11(22)9-15)14(23)12-3-1-2-5-20-12/h1-7,14,23H,8-9H2/t14-/m1/s1. The molecule has 4 nitrogen and oxygen atoms in total. The van der Waals surface area contributed by atoms with Gasteiger partial charge in [0.05, 0.1) is 5.69 Å². The van der Waals surface area contributed by atoms with Gasteiger partial charge in [-0.15, -0.1) is 0 Å². The van der Waals surface area contributed by atoms with Crippen LogP contribution in [0, 0.1) is 0 Å². The lowest BCUT2D eigenvalue weighted by molar-refractivity contribution is -0.141. The highest BCUT2D eigenvalue weighted by Crippen LogP contribution is 2.50. The van der Waals surface area contributed by atoms with Gasteiger partial charge in [0, 0.05) is 30.7 Å². The fraction of sp³-hybridized carbons (Fsp3) is 0.312. The monoisotopic (exact) mass is 322 g/mol. The fourth-order valence-electron chi connectivity index (χ4n) is 2.92. The molecule has 1 saturated carbocycles. The summed E-state index contributed by atoms with van der Waals surface area (Å²) in [5, 5.41) is 10.6. The summed E-state index contributed by atoms with van der Waals surface area (Å²) in [4.78, 5) is 18.9. The zero-order valence-electron chi connectivity index (χ0n) is 11.9. The number of ketones is 1. The van der Waals surface area contributed by atoms with Gasteiger partial charge < -0.3 is 5.11 Å². The van der Waals surface area contributed by atoms with E-state index in [2.05, 4.69) is 9.97 Å². The lowest BCUT2D eigenvalue weighted by atomic mass is 9.59. The molecule has 0 unspecified atom stereocenters. The van der Waals surface area contributed by atoms with Crippen molar-refractivity contribution in [1.29, 1.82) is 0 Å². The number of nitrogens with zero attached hydrogens (tertiary/aromatic N) is 2. The number of hydrogen-bond donors (Lipinski definition) is 1. The van der Waals surface area contributed by atoms with Gasteiger partial charge in [0.25, 0.3) is 0 Å². The van der Waals surface area contributed by atoms with Crippen LogP contribution in [0.15, 0.2) is 42.7 Å². The number of carbonyl (C=O) groups is 1. The number of aliphatic hydroxyl groups excluding tert-OH is 1. The Kier molecular flexibility index (Phi) is 3.68. The number of hydrogen-bond acceptors (Lipinski definition) is 4. The number of pyridine rings is 2. The maximum absolute atomic E-state index is 12.9. The molecule has 3 rings (SSSR count). The second kappa shape index (κ2) is 5.42. The molecular weight excluding hydrogens is 309 g/mol. The van der Waals surface area contributed by atoms with Gasteiger partial charge in [-0.1, -0.05) is 6.07 Å². The largest absolute Gasteiger partial charge is 0.433 e. The predicted molar refractivity (Wildman–Crippen MR) is 74.4 cm³/mol. The van der Waals surface area contributed by atoms with Gasteiger partial charge in [-0.05, 0) is 29.8 Å². The molecule has 7 heteroatoms.